The van der Waals surface area contributed by atoms with Crippen LogP contribution in [0.25, 0.3) is 0 Å². The van der Waals surface area contributed by atoms with Gasteiger partial charge in [-0.05, 0) is 42.8 Å². The highest BCUT2D eigenvalue weighted by atomic mass is 16.6. The summed E-state index contributed by atoms with van der Waals surface area (Å²) in [6, 6.07) is 10.1. The molecular weight excluding hydrogens is 762 g/mol. The van der Waals surface area contributed by atoms with Gasteiger partial charge in [0, 0.05) is 44.1 Å². The first-order valence-electron chi connectivity index (χ1n) is 17.7. The predicted octanol–water partition coefficient (Wildman–Crippen LogP) is -1.18. The van der Waals surface area contributed by atoms with Crippen molar-refractivity contribution in [2.24, 2.45) is 5.73 Å². The minimum absolute atomic E-state index is 0.00891. The number of esters is 2. The molecule has 20 heteroatoms. The van der Waals surface area contributed by atoms with Gasteiger partial charge in [0.25, 0.3) is 11.8 Å². The second-order valence-corrected chi connectivity index (χ2v) is 12.0. The van der Waals surface area contributed by atoms with Crippen molar-refractivity contribution in [2.75, 3.05) is 79.7 Å². The lowest BCUT2D eigenvalue weighted by molar-refractivity contribution is -0.126. The summed E-state index contributed by atoms with van der Waals surface area (Å²) in [7, 11) is 3.80. The number of anilines is 1. The molecule has 0 fully saturated rings. The molecule has 0 saturated heterocycles. The molecule has 2 atom stereocenters. The molecule has 0 bridgehead atoms. The number of ether oxygens (including phenoxy) is 6. The average Bonchev–Trinajstić information content (AvgIpc) is 3.23. The van der Waals surface area contributed by atoms with Gasteiger partial charge in [-0.1, -0.05) is 17.9 Å². The van der Waals surface area contributed by atoms with Crippen molar-refractivity contribution in [1.82, 2.24) is 25.5 Å². The highest BCUT2D eigenvalue weighted by Crippen LogP contribution is 2.15. The fraction of sp³-hybridized carbons (Fsp3) is 0.395. The SMILES string of the molecule is COC(=O)c1cc(C(=O)NCCNC(=O)c2cccc(OCC(N)OCCOCC(=O)NCC#Cc3cn(CCC(CO)OC)c(=O)nc3N)c2)cc(C(=O)OC)c1. The zero-order valence-corrected chi connectivity index (χ0v) is 32.2. The molecule has 1 aromatic heterocycles. The molecule has 312 valence electrons. The van der Waals surface area contributed by atoms with Crippen molar-refractivity contribution >= 4 is 35.5 Å². The summed E-state index contributed by atoms with van der Waals surface area (Å²) in [5, 5.41) is 17.1. The number of nitrogens with two attached hydrogens (primary N) is 2. The number of aliphatic hydroxyl groups is 1. The van der Waals surface area contributed by atoms with Crippen molar-refractivity contribution in [1.29, 1.82) is 0 Å². The molecule has 3 rings (SSSR count). The first-order chi connectivity index (χ1) is 27.9. The number of nitrogens with zero attached hydrogens (tertiary/aromatic N) is 2. The van der Waals surface area contributed by atoms with Crippen LogP contribution >= 0.6 is 0 Å². The number of nitrogens with one attached hydrogen (secondary N) is 3. The molecule has 3 amide bonds. The Labute approximate surface area is 333 Å². The van der Waals surface area contributed by atoms with E-state index in [1.165, 1.54) is 56.4 Å². The molecule has 8 N–H and O–H groups in total. The number of aromatic nitrogens is 2. The van der Waals surface area contributed by atoms with E-state index in [0.717, 1.165) is 0 Å². The van der Waals surface area contributed by atoms with Crippen LogP contribution in [0.4, 0.5) is 5.82 Å². The van der Waals surface area contributed by atoms with Gasteiger partial charge in [-0.2, -0.15) is 4.98 Å². The number of methoxy groups -OCH3 is 3. The van der Waals surface area contributed by atoms with Crippen LogP contribution in [-0.4, -0.2) is 131 Å². The molecule has 0 radical (unpaired) electrons. The fourth-order valence-corrected chi connectivity index (χ4v) is 4.82. The number of aliphatic hydroxyl groups excluding tert-OH is 1. The Bertz CT molecular complexity index is 1970. The standard InChI is InChI=1S/C38H47N7O13/c1-53-30(21-46)9-13-45-20-25(33(40)44-38(45)52)7-5-10-41-32(47)23-56-14-15-57-31(39)22-58-29-8-4-6-24(19-29)34(48)42-11-12-43-35(49)26-16-27(36(50)54-2)18-28(17-26)37(51)55-3/h4,6,8,16-20,30-31,46H,9-15,21-23,39H2,1-3H3,(H,41,47)(H,42,48)(H,43,49)(H2,40,44,52). The van der Waals surface area contributed by atoms with E-state index in [9.17, 15) is 33.9 Å². The molecule has 3 aromatic rings. The lowest BCUT2D eigenvalue weighted by Crippen LogP contribution is -2.35. The van der Waals surface area contributed by atoms with E-state index >= 15 is 0 Å². The van der Waals surface area contributed by atoms with E-state index in [-0.39, 0.29) is 87.3 Å². The van der Waals surface area contributed by atoms with Crippen LogP contribution in [0.3, 0.4) is 0 Å². The van der Waals surface area contributed by atoms with Gasteiger partial charge >= 0.3 is 17.6 Å². The molecule has 0 aliphatic rings. The minimum Gasteiger partial charge on any atom is -0.489 e. The molecule has 2 aromatic carbocycles. The van der Waals surface area contributed by atoms with Gasteiger partial charge in [0.15, 0.2) is 0 Å². The second kappa shape index (κ2) is 24.3. The van der Waals surface area contributed by atoms with E-state index in [1.54, 1.807) is 18.2 Å². The van der Waals surface area contributed by atoms with Crippen molar-refractivity contribution in [3.63, 3.8) is 0 Å². The molecule has 58 heavy (non-hydrogen) atoms. The topological polar surface area (TPSA) is 284 Å². The third-order valence-corrected chi connectivity index (χ3v) is 7.89. The first kappa shape index (κ1) is 46.0. The van der Waals surface area contributed by atoms with E-state index in [2.05, 4.69) is 42.2 Å². The Morgan fingerprint density at radius 3 is 2.19 bits per heavy atom. The maximum absolute atomic E-state index is 12.7. The predicted molar refractivity (Wildman–Crippen MR) is 206 cm³/mol. The van der Waals surface area contributed by atoms with Crippen molar-refractivity contribution < 1.29 is 57.5 Å². The Morgan fingerprint density at radius 2 is 1.55 bits per heavy atom. The third-order valence-electron chi connectivity index (χ3n) is 7.89. The van der Waals surface area contributed by atoms with Crippen molar-refractivity contribution in [2.45, 2.75) is 25.3 Å². The summed E-state index contributed by atoms with van der Waals surface area (Å²) in [4.78, 5) is 77.4. The van der Waals surface area contributed by atoms with E-state index in [1.807, 2.05) is 0 Å². The van der Waals surface area contributed by atoms with Crippen LogP contribution in [0, 0.1) is 11.8 Å². The molecule has 0 aliphatic heterocycles. The highest BCUT2D eigenvalue weighted by Gasteiger charge is 2.17. The number of benzene rings is 2. The number of hydrogen-bond acceptors (Lipinski definition) is 16. The lowest BCUT2D eigenvalue weighted by atomic mass is 10.0. The van der Waals surface area contributed by atoms with Crippen molar-refractivity contribution in [3.05, 3.63) is 87.0 Å². The number of carbonyl (C=O) groups excluding carboxylic acids is 5. The van der Waals surface area contributed by atoms with Gasteiger partial charge in [0.1, 0.15) is 31.0 Å². The molecule has 0 aliphatic carbocycles. The summed E-state index contributed by atoms with van der Waals surface area (Å²) in [5.74, 6) is 2.88. The largest absolute Gasteiger partial charge is 0.489 e. The number of amides is 3. The van der Waals surface area contributed by atoms with Crippen LogP contribution in [0.2, 0.25) is 0 Å². The quantitative estimate of drug-likeness (QED) is 0.0302. The summed E-state index contributed by atoms with van der Waals surface area (Å²) in [6.45, 7) is -0.0825. The zero-order chi connectivity index (χ0) is 42.5. The van der Waals surface area contributed by atoms with Gasteiger partial charge in [0.05, 0.1) is 63.4 Å². The maximum atomic E-state index is 12.7. The molecule has 20 nitrogen and oxygen atoms in total. The van der Waals surface area contributed by atoms with Crippen LogP contribution in [-0.2, 0) is 35.0 Å². The van der Waals surface area contributed by atoms with Crippen LogP contribution in [0.1, 0.15) is 53.4 Å². The van der Waals surface area contributed by atoms with Crippen LogP contribution in [0.5, 0.6) is 5.75 Å². The zero-order valence-electron chi connectivity index (χ0n) is 32.2. The third kappa shape index (κ3) is 15.3. The van der Waals surface area contributed by atoms with Gasteiger partial charge in [-0.25, -0.2) is 14.4 Å². The molecule has 0 spiro atoms. The fourth-order valence-electron chi connectivity index (χ4n) is 4.82. The first-order valence-corrected chi connectivity index (χ1v) is 17.7. The Morgan fingerprint density at radius 1 is 0.897 bits per heavy atom. The van der Waals surface area contributed by atoms with Crippen LogP contribution < -0.4 is 37.8 Å². The average molecular weight is 810 g/mol. The number of carbonyl (C=O) groups is 5. The van der Waals surface area contributed by atoms with Gasteiger partial charge in [-0.3, -0.25) is 19.0 Å². The summed E-state index contributed by atoms with van der Waals surface area (Å²) < 4.78 is 32.2. The molecule has 2 unspecified atom stereocenters. The van der Waals surface area contributed by atoms with Gasteiger partial charge in [0.2, 0.25) is 5.91 Å². The lowest BCUT2D eigenvalue weighted by Gasteiger charge is -2.15. The summed E-state index contributed by atoms with van der Waals surface area (Å²) >= 11 is 0. The number of hydrogen-bond donors (Lipinski definition) is 6. The molecular formula is C38H47N7O13. The number of rotatable bonds is 22. The van der Waals surface area contributed by atoms with E-state index in [0.29, 0.717) is 17.7 Å². The molecule has 1 heterocycles. The highest BCUT2D eigenvalue weighted by molar-refractivity contribution is 6.02. The maximum Gasteiger partial charge on any atom is 0.349 e. The summed E-state index contributed by atoms with van der Waals surface area (Å²) in [5.41, 5.74) is 11.8. The molecule has 0 saturated carbocycles. The Balaban J connectivity index is 1.33. The minimum atomic E-state index is -0.849. The number of nitrogen functional groups attached to an aromatic ring is 1. The summed E-state index contributed by atoms with van der Waals surface area (Å²) in [6.07, 6.45) is 0.555. The van der Waals surface area contributed by atoms with Gasteiger partial charge < -0.3 is 60.9 Å². The van der Waals surface area contributed by atoms with Crippen molar-refractivity contribution in [3.8, 4) is 17.6 Å². The van der Waals surface area contributed by atoms with E-state index < -0.39 is 47.7 Å². The van der Waals surface area contributed by atoms with Gasteiger partial charge in [-0.15, -0.1) is 0 Å². The number of aryl methyl sites for hydroxylation is 1. The smallest absolute Gasteiger partial charge is 0.349 e. The van der Waals surface area contributed by atoms with Crippen LogP contribution in [0.15, 0.2) is 53.5 Å². The Hall–Kier alpha value is -6.37. The Kier molecular flexibility index (Phi) is 19.3. The second-order valence-electron chi connectivity index (χ2n) is 12.0. The monoisotopic (exact) mass is 809 g/mol. The van der Waals surface area contributed by atoms with E-state index in [4.69, 9.17) is 30.4 Å². The normalized spacial score (nSPS) is 11.6.